The van der Waals surface area contributed by atoms with Gasteiger partial charge in [0.25, 0.3) is 0 Å². The third kappa shape index (κ3) is 4.44. The van der Waals surface area contributed by atoms with E-state index in [-0.39, 0.29) is 0 Å². The zero-order valence-corrected chi connectivity index (χ0v) is 16.9. The van der Waals surface area contributed by atoms with Gasteiger partial charge in [0.15, 0.2) is 10.8 Å². The summed E-state index contributed by atoms with van der Waals surface area (Å²) < 4.78 is 1.80. The molecule has 150 valence electrons. The van der Waals surface area contributed by atoms with Gasteiger partial charge in [0.2, 0.25) is 0 Å². The standard InChI is InChI=1S/C20H18N8OS/c1-2-21-20(30)26-18-8-7-16-19(25-18)24-17(10-22-16)14-9-23-28(12-14)11-13-3-5-15(27-29)6-4-13/h3-10,12H,2,11H2,1H3,(H2,21,24,25,26,30). The number of thiocarbonyl (C=S) groups is 1. The fraction of sp³-hybridized carbons (Fsp3) is 0.150. The highest BCUT2D eigenvalue weighted by atomic mass is 32.1. The van der Waals surface area contributed by atoms with Crippen LogP contribution in [-0.4, -0.2) is 36.4 Å². The molecule has 0 spiro atoms. The normalized spacial score (nSPS) is 10.7. The first-order valence-electron chi connectivity index (χ1n) is 9.28. The Morgan fingerprint density at radius 3 is 2.73 bits per heavy atom. The van der Waals surface area contributed by atoms with E-state index in [0.717, 1.165) is 17.7 Å². The smallest absolute Gasteiger partial charge is 0.180 e. The molecule has 3 aromatic heterocycles. The molecule has 4 rings (SSSR count). The maximum atomic E-state index is 10.5. The first-order valence-corrected chi connectivity index (χ1v) is 9.69. The lowest BCUT2D eigenvalue weighted by Gasteiger charge is -2.08. The Bertz CT molecular complexity index is 1210. The highest BCUT2D eigenvalue weighted by Crippen LogP contribution is 2.20. The lowest BCUT2D eigenvalue weighted by molar-refractivity contribution is 0.687. The molecule has 0 radical (unpaired) electrons. The van der Waals surface area contributed by atoms with Crippen LogP contribution in [-0.2, 0) is 6.54 Å². The Hall–Kier alpha value is -3.79. The minimum Gasteiger partial charge on any atom is -0.363 e. The number of benzene rings is 1. The fourth-order valence-electron chi connectivity index (χ4n) is 2.86. The largest absolute Gasteiger partial charge is 0.363 e. The Labute approximate surface area is 177 Å². The molecular formula is C20H18N8OS. The lowest BCUT2D eigenvalue weighted by atomic mass is 10.2. The molecule has 0 fully saturated rings. The number of rotatable bonds is 6. The van der Waals surface area contributed by atoms with Crippen LogP contribution < -0.4 is 10.6 Å². The second-order valence-electron chi connectivity index (χ2n) is 6.46. The van der Waals surface area contributed by atoms with Crippen molar-refractivity contribution in [3.8, 4) is 11.3 Å². The van der Waals surface area contributed by atoms with E-state index in [1.54, 1.807) is 29.2 Å². The van der Waals surface area contributed by atoms with E-state index in [2.05, 4.69) is 35.9 Å². The summed E-state index contributed by atoms with van der Waals surface area (Å²) in [7, 11) is 0. The monoisotopic (exact) mass is 418 g/mol. The van der Waals surface area contributed by atoms with Crippen molar-refractivity contribution in [3.05, 3.63) is 65.5 Å². The van der Waals surface area contributed by atoms with E-state index in [0.29, 0.717) is 40.0 Å². The maximum Gasteiger partial charge on any atom is 0.180 e. The van der Waals surface area contributed by atoms with E-state index in [9.17, 15) is 4.91 Å². The Kier molecular flexibility index (Phi) is 5.66. The number of anilines is 1. The Balaban J connectivity index is 1.55. The first-order chi connectivity index (χ1) is 14.6. The first kappa shape index (κ1) is 19.5. The molecule has 0 amide bonds. The van der Waals surface area contributed by atoms with Crippen LogP contribution in [0.15, 0.2) is 60.2 Å². The quantitative estimate of drug-likeness (QED) is 0.361. The Morgan fingerprint density at radius 2 is 1.97 bits per heavy atom. The number of hydrogen-bond donors (Lipinski definition) is 2. The molecule has 3 heterocycles. The molecule has 2 N–H and O–H groups in total. The highest BCUT2D eigenvalue weighted by molar-refractivity contribution is 7.80. The molecule has 0 saturated heterocycles. The van der Waals surface area contributed by atoms with Crippen molar-refractivity contribution < 1.29 is 0 Å². The van der Waals surface area contributed by atoms with Crippen LogP contribution in [0.4, 0.5) is 11.5 Å². The van der Waals surface area contributed by atoms with Crippen LogP contribution in [0.3, 0.4) is 0 Å². The number of fused-ring (bicyclic) bond motifs is 1. The summed E-state index contributed by atoms with van der Waals surface area (Å²) in [5, 5.41) is 13.9. The number of nitrogens with one attached hydrogen (secondary N) is 2. The van der Waals surface area contributed by atoms with Gasteiger partial charge in [-0.2, -0.15) is 5.10 Å². The van der Waals surface area contributed by atoms with Crippen molar-refractivity contribution in [2.24, 2.45) is 5.18 Å². The summed E-state index contributed by atoms with van der Waals surface area (Å²) in [6.07, 6.45) is 5.33. The third-order valence-corrected chi connectivity index (χ3v) is 4.55. The van der Waals surface area contributed by atoms with Crippen LogP contribution in [0.2, 0.25) is 0 Å². The molecule has 0 unspecified atom stereocenters. The minimum absolute atomic E-state index is 0.402. The molecule has 10 heteroatoms. The molecule has 4 aromatic rings. The summed E-state index contributed by atoms with van der Waals surface area (Å²) in [5.41, 5.74) is 4.12. The van der Waals surface area contributed by atoms with Crippen molar-refractivity contribution >= 4 is 40.0 Å². The van der Waals surface area contributed by atoms with Gasteiger partial charge in [0.05, 0.1) is 24.6 Å². The number of pyridine rings is 1. The average Bonchev–Trinajstić information content (AvgIpc) is 3.22. The molecule has 0 atom stereocenters. The summed E-state index contributed by atoms with van der Waals surface area (Å²) in [5.74, 6) is 0.601. The highest BCUT2D eigenvalue weighted by Gasteiger charge is 2.08. The molecule has 0 aliphatic carbocycles. The third-order valence-electron chi connectivity index (χ3n) is 4.30. The van der Waals surface area contributed by atoms with E-state index in [4.69, 9.17) is 12.2 Å². The van der Waals surface area contributed by atoms with E-state index >= 15 is 0 Å². The van der Waals surface area contributed by atoms with E-state index in [1.165, 1.54) is 0 Å². The molecule has 0 saturated carbocycles. The van der Waals surface area contributed by atoms with Crippen molar-refractivity contribution in [2.45, 2.75) is 13.5 Å². The Morgan fingerprint density at radius 1 is 1.13 bits per heavy atom. The molecule has 0 bridgehead atoms. The van der Waals surface area contributed by atoms with Gasteiger partial charge in [0, 0.05) is 18.3 Å². The van der Waals surface area contributed by atoms with E-state index in [1.807, 2.05) is 37.4 Å². The van der Waals surface area contributed by atoms with Gasteiger partial charge < -0.3 is 10.6 Å². The van der Waals surface area contributed by atoms with E-state index < -0.39 is 0 Å². The van der Waals surface area contributed by atoms with Crippen molar-refractivity contribution in [1.29, 1.82) is 0 Å². The number of aromatic nitrogens is 5. The second-order valence-corrected chi connectivity index (χ2v) is 6.87. The molecular weight excluding hydrogens is 400 g/mol. The van der Waals surface area contributed by atoms with Crippen molar-refractivity contribution in [1.82, 2.24) is 30.0 Å². The zero-order chi connectivity index (χ0) is 20.9. The topological polar surface area (TPSA) is 110 Å². The number of nitroso groups, excluding NO2 is 1. The van der Waals surface area contributed by atoms with Gasteiger partial charge in [-0.3, -0.25) is 9.67 Å². The molecule has 1 aromatic carbocycles. The van der Waals surface area contributed by atoms with Gasteiger partial charge in [-0.15, -0.1) is 4.91 Å². The average molecular weight is 418 g/mol. The second kappa shape index (κ2) is 8.70. The molecule has 0 aliphatic heterocycles. The van der Waals surface area contributed by atoms with Gasteiger partial charge in [-0.25, -0.2) is 9.97 Å². The van der Waals surface area contributed by atoms with Crippen LogP contribution in [0.25, 0.3) is 22.4 Å². The van der Waals surface area contributed by atoms with Gasteiger partial charge in [0.1, 0.15) is 17.0 Å². The van der Waals surface area contributed by atoms with Gasteiger partial charge in [-0.1, -0.05) is 12.1 Å². The van der Waals surface area contributed by atoms with Crippen LogP contribution in [0.1, 0.15) is 12.5 Å². The summed E-state index contributed by atoms with van der Waals surface area (Å²) >= 11 is 5.20. The van der Waals surface area contributed by atoms with Crippen molar-refractivity contribution in [3.63, 3.8) is 0 Å². The molecule has 30 heavy (non-hydrogen) atoms. The van der Waals surface area contributed by atoms with Crippen LogP contribution in [0.5, 0.6) is 0 Å². The maximum absolute atomic E-state index is 10.5. The summed E-state index contributed by atoms with van der Waals surface area (Å²) in [6.45, 7) is 3.26. The zero-order valence-electron chi connectivity index (χ0n) is 16.1. The number of hydrogen-bond acceptors (Lipinski definition) is 7. The molecule has 0 aliphatic rings. The SMILES string of the molecule is CCNC(=S)Nc1ccc2ncc(-c3cnn(Cc4ccc(N=O)cc4)c3)nc2n1. The summed E-state index contributed by atoms with van der Waals surface area (Å²) in [4.78, 5) is 24.1. The van der Waals surface area contributed by atoms with Crippen LogP contribution >= 0.6 is 12.2 Å². The lowest BCUT2D eigenvalue weighted by Crippen LogP contribution is -2.28. The minimum atomic E-state index is 0.402. The van der Waals surface area contributed by atoms with Gasteiger partial charge in [-0.05, 0) is 54.1 Å². The van der Waals surface area contributed by atoms with Crippen molar-refractivity contribution in [2.75, 3.05) is 11.9 Å². The van der Waals surface area contributed by atoms with Crippen LogP contribution in [0, 0.1) is 4.91 Å². The van der Waals surface area contributed by atoms with Gasteiger partial charge >= 0.3 is 0 Å². The molecule has 9 nitrogen and oxygen atoms in total. The predicted molar refractivity (Wildman–Crippen MR) is 119 cm³/mol. The predicted octanol–water partition coefficient (Wildman–Crippen LogP) is 3.64. The summed E-state index contributed by atoms with van der Waals surface area (Å²) in [6, 6.07) is 10.7. The fourth-order valence-corrected chi connectivity index (χ4v) is 3.11. The number of nitrogens with zero attached hydrogens (tertiary/aromatic N) is 6.